The lowest BCUT2D eigenvalue weighted by Gasteiger charge is -2.22. The first-order chi connectivity index (χ1) is 11.1. The van der Waals surface area contributed by atoms with Gasteiger partial charge < -0.3 is 15.0 Å². The molecule has 1 aromatic rings. The zero-order chi connectivity index (χ0) is 16.7. The fraction of sp³-hybridized carbons (Fsp3) is 0.706. The highest BCUT2D eigenvalue weighted by molar-refractivity contribution is 9.11. The predicted octanol–water partition coefficient (Wildman–Crippen LogP) is 4.11. The Labute approximate surface area is 152 Å². The highest BCUT2D eigenvalue weighted by Crippen LogP contribution is 2.49. The first-order valence-corrected chi connectivity index (χ1v) is 10.0. The van der Waals surface area contributed by atoms with E-state index in [0.29, 0.717) is 5.41 Å². The second-order valence-electron chi connectivity index (χ2n) is 6.18. The van der Waals surface area contributed by atoms with Crippen molar-refractivity contribution in [3.05, 3.63) is 20.8 Å². The predicted molar refractivity (Wildman–Crippen MR) is 102 cm³/mol. The number of guanidine groups is 1. The molecule has 0 saturated heterocycles. The van der Waals surface area contributed by atoms with Gasteiger partial charge in [0.05, 0.1) is 10.3 Å². The number of halogens is 1. The third kappa shape index (κ3) is 6.08. The van der Waals surface area contributed by atoms with Crippen molar-refractivity contribution in [1.82, 2.24) is 10.2 Å². The number of rotatable bonds is 9. The van der Waals surface area contributed by atoms with Crippen LogP contribution in [-0.4, -0.2) is 44.2 Å². The average molecular weight is 402 g/mol. The molecule has 2 rings (SSSR count). The van der Waals surface area contributed by atoms with Crippen molar-refractivity contribution in [3.8, 4) is 0 Å². The second kappa shape index (κ2) is 9.04. The SMILES string of the molecule is CCNC(=NCC1(CCOCC)CC1)N(C)Cc1ccc(Br)s1. The minimum Gasteiger partial charge on any atom is -0.382 e. The number of thiophene rings is 1. The number of nitrogens with zero attached hydrogens (tertiary/aromatic N) is 2. The van der Waals surface area contributed by atoms with Crippen LogP contribution < -0.4 is 5.32 Å². The fourth-order valence-electron chi connectivity index (χ4n) is 2.55. The van der Waals surface area contributed by atoms with Gasteiger partial charge in [-0.3, -0.25) is 4.99 Å². The van der Waals surface area contributed by atoms with Gasteiger partial charge in [-0.25, -0.2) is 0 Å². The largest absolute Gasteiger partial charge is 0.382 e. The van der Waals surface area contributed by atoms with Gasteiger partial charge in [-0.05, 0) is 66.6 Å². The maximum atomic E-state index is 5.51. The molecule has 0 radical (unpaired) electrons. The molecule has 1 aliphatic carbocycles. The molecule has 0 unspecified atom stereocenters. The molecule has 1 saturated carbocycles. The number of nitrogens with one attached hydrogen (secondary N) is 1. The molecule has 23 heavy (non-hydrogen) atoms. The Morgan fingerprint density at radius 3 is 2.78 bits per heavy atom. The van der Waals surface area contributed by atoms with Gasteiger partial charge >= 0.3 is 0 Å². The zero-order valence-corrected chi connectivity index (χ0v) is 16.8. The number of aliphatic imine (C=N–C) groups is 1. The summed E-state index contributed by atoms with van der Waals surface area (Å²) < 4.78 is 6.69. The lowest BCUT2D eigenvalue weighted by Crippen LogP contribution is -2.38. The van der Waals surface area contributed by atoms with E-state index in [1.54, 1.807) is 11.3 Å². The summed E-state index contributed by atoms with van der Waals surface area (Å²) in [5, 5.41) is 3.41. The zero-order valence-electron chi connectivity index (χ0n) is 14.4. The summed E-state index contributed by atoms with van der Waals surface area (Å²) >= 11 is 5.30. The smallest absolute Gasteiger partial charge is 0.194 e. The quantitative estimate of drug-likeness (QED) is 0.384. The van der Waals surface area contributed by atoms with Crippen LogP contribution in [0, 0.1) is 5.41 Å². The Morgan fingerprint density at radius 2 is 2.22 bits per heavy atom. The fourth-order valence-corrected chi connectivity index (χ4v) is 4.09. The second-order valence-corrected chi connectivity index (χ2v) is 8.73. The van der Waals surface area contributed by atoms with Gasteiger partial charge in [0.1, 0.15) is 0 Å². The van der Waals surface area contributed by atoms with Gasteiger partial charge in [0, 0.05) is 38.2 Å². The molecule has 0 bridgehead atoms. The Kier molecular flexibility index (Phi) is 7.37. The standard InChI is InChI=1S/C17H28BrN3OS/c1-4-19-16(21(3)12-14-6-7-15(18)23-14)20-13-17(8-9-17)10-11-22-5-2/h6-7H,4-5,8-13H2,1-3H3,(H,19,20). The summed E-state index contributed by atoms with van der Waals surface area (Å²) in [5.41, 5.74) is 0.392. The molecule has 1 aromatic heterocycles. The van der Waals surface area contributed by atoms with Crippen molar-refractivity contribution >= 4 is 33.2 Å². The summed E-state index contributed by atoms with van der Waals surface area (Å²) in [7, 11) is 2.11. The Morgan fingerprint density at radius 1 is 1.43 bits per heavy atom. The van der Waals surface area contributed by atoms with Gasteiger partial charge in [-0.2, -0.15) is 0 Å². The molecule has 6 heteroatoms. The lowest BCUT2D eigenvalue weighted by atomic mass is 10.0. The van der Waals surface area contributed by atoms with E-state index in [1.165, 1.54) is 21.5 Å². The van der Waals surface area contributed by atoms with Crippen LogP contribution in [0.5, 0.6) is 0 Å². The van der Waals surface area contributed by atoms with Crippen LogP contribution in [0.2, 0.25) is 0 Å². The highest BCUT2D eigenvalue weighted by Gasteiger charge is 2.42. The molecular formula is C17H28BrN3OS. The maximum absolute atomic E-state index is 5.51. The topological polar surface area (TPSA) is 36.9 Å². The average Bonchev–Trinajstić information content (AvgIpc) is 3.18. The van der Waals surface area contributed by atoms with Crippen LogP contribution in [0.15, 0.2) is 20.9 Å². The molecule has 1 fully saturated rings. The van der Waals surface area contributed by atoms with E-state index in [4.69, 9.17) is 9.73 Å². The van der Waals surface area contributed by atoms with Crippen molar-refractivity contribution < 1.29 is 4.74 Å². The van der Waals surface area contributed by atoms with E-state index < -0.39 is 0 Å². The molecule has 4 nitrogen and oxygen atoms in total. The third-order valence-electron chi connectivity index (χ3n) is 4.22. The minimum atomic E-state index is 0.392. The van der Waals surface area contributed by atoms with Crippen molar-refractivity contribution in [2.45, 2.75) is 39.7 Å². The van der Waals surface area contributed by atoms with Crippen molar-refractivity contribution in [2.75, 3.05) is 33.4 Å². The summed E-state index contributed by atoms with van der Waals surface area (Å²) in [4.78, 5) is 8.44. The van der Waals surface area contributed by atoms with Crippen LogP contribution in [0.3, 0.4) is 0 Å². The molecular weight excluding hydrogens is 374 g/mol. The molecule has 0 atom stereocenters. The maximum Gasteiger partial charge on any atom is 0.194 e. The molecule has 130 valence electrons. The number of ether oxygens (including phenoxy) is 1. The van der Waals surface area contributed by atoms with Crippen LogP contribution in [0.1, 0.15) is 38.0 Å². The van der Waals surface area contributed by atoms with Crippen molar-refractivity contribution in [1.29, 1.82) is 0 Å². The van der Waals surface area contributed by atoms with Gasteiger partial charge in [0.2, 0.25) is 0 Å². The molecule has 1 heterocycles. The van der Waals surface area contributed by atoms with E-state index in [-0.39, 0.29) is 0 Å². The first kappa shape index (κ1) is 18.7. The molecule has 0 aliphatic heterocycles. The summed E-state index contributed by atoms with van der Waals surface area (Å²) in [6.45, 7) is 8.52. The van der Waals surface area contributed by atoms with E-state index in [9.17, 15) is 0 Å². The molecule has 0 aromatic carbocycles. The summed E-state index contributed by atoms with van der Waals surface area (Å²) in [6, 6.07) is 4.27. The minimum absolute atomic E-state index is 0.392. The number of hydrogen-bond acceptors (Lipinski definition) is 3. The highest BCUT2D eigenvalue weighted by atomic mass is 79.9. The normalized spacial score (nSPS) is 16.4. The Bertz CT molecular complexity index is 514. The van der Waals surface area contributed by atoms with Gasteiger partial charge in [0.25, 0.3) is 0 Å². The van der Waals surface area contributed by atoms with Gasteiger partial charge in [-0.1, -0.05) is 0 Å². The third-order valence-corrected chi connectivity index (χ3v) is 5.83. The molecule has 0 amide bonds. The van der Waals surface area contributed by atoms with Crippen LogP contribution in [-0.2, 0) is 11.3 Å². The first-order valence-electron chi connectivity index (χ1n) is 8.40. The number of hydrogen-bond donors (Lipinski definition) is 1. The van der Waals surface area contributed by atoms with Gasteiger partial charge in [0.15, 0.2) is 5.96 Å². The molecule has 1 aliphatic rings. The Hall–Kier alpha value is -0.590. The van der Waals surface area contributed by atoms with Crippen molar-refractivity contribution in [2.24, 2.45) is 10.4 Å². The van der Waals surface area contributed by atoms with E-state index in [1.807, 2.05) is 0 Å². The lowest BCUT2D eigenvalue weighted by molar-refractivity contribution is 0.129. The summed E-state index contributed by atoms with van der Waals surface area (Å²) in [6.07, 6.45) is 3.69. The Balaban J connectivity index is 1.91. The van der Waals surface area contributed by atoms with Crippen LogP contribution in [0.25, 0.3) is 0 Å². The van der Waals surface area contributed by atoms with Crippen LogP contribution in [0.4, 0.5) is 0 Å². The molecule has 0 spiro atoms. The summed E-state index contributed by atoms with van der Waals surface area (Å²) in [5.74, 6) is 1.000. The van der Waals surface area contributed by atoms with E-state index in [2.05, 4.69) is 59.2 Å². The van der Waals surface area contributed by atoms with E-state index >= 15 is 0 Å². The monoisotopic (exact) mass is 401 g/mol. The molecule has 1 N–H and O–H groups in total. The van der Waals surface area contributed by atoms with E-state index in [0.717, 1.165) is 45.2 Å². The van der Waals surface area contributed by atoms with Crippen LogP contribution >= 0.6 is 27.3 Å². The van der Waals surface area contributed by atoms with Crippen molar-refractivity contribution in [3.63, 3.8) is 0 Å². The van der Waals surface area contributed by atoms with Gasteiger partial charge in [-0.15, -0.1) is 11.3 Å².